The number of esters is 2. The molecule has 1 unspecified atom stereocenters. The molecule has 0 radical (unpaired) electrons. The zero-order valence-corrected chi connectivity index (χ0v) is 32.9. The molecule has 6 aliphatic heterocycles. The zero-order valence-electron chi connectivity index (χ0n) is 32.1. The molecule has 13 nitrogen and oxygen atoms in total. The average molecular weight is 771 g/mol. The van der Waals surface area contributed by atoms with Crippen molar-refractivity contribution in [3.05, 3.63) is 68.3 Å². The van der Waals surface area contributed by atoms with E-state index < -0.39 is 46.9 Å². The lowest BCUT2D eigenvalue weighted by molar-refractivity contribution is -0.155. The van der Waals surface area contributed by atoms with Gasteiger partial charge in [0.1, 0.15) is 24.1 Å². The summed E-state index contributed by atoms with van der Waals surface area (Å²) in [5.41, 5.74) is 5.64. The number of carbonyl (C=O) groups excluding carboxylic acids is 2. The third-order valence-corrected chi connectivity index (χ3v) is 13.5. The smallest absolute Gasteiger partial charge is 0.331 e. The molecule has 6 aliphatic rings. The van der Waals surface area contributed by atoms with Gasteiger partial charge in [-0.3, -0.25) is 15.0 Å². The van der Waals surface area contributed by atoms with E-state index in [1.165, 1.54) is 32.9 Å². The van der Waals surface area contributed by atoms with Crippen LogP contribution in [-0.4, -0.2) is 97.9 Å². The van der Waals surface area contributed by atoms with Crippen LogP contribution >= 0.6 is 11.8 Å². The van der Waals surface area contributed by atoms with Crippen molar-refractivity contribution < 1.29 is 43.5 Å². The van der Waals surface area contributed by atoms with E-state index in [2.05, 4.69) is 21.2 Å². The van der Waals surface area contributed by atoms with Gasteiger partial charge >= 0.3 is 11.9 Å². The van der Waals surface area contributed by atoms with Gasteiger partial charge in [0.2, 0.25) is 0 Å². The van der Waals surface area contributed by atoms with Crippen LogP contribution in [-0.2, 0) is 39.1 Å². The highest BCUT2D eigenvalue weighted by atomic mass is 32.2. The van der Waals surface area contributed by atoms with Crippen molar-refractivity contribution in [3.8, 4) is 40.6 Å². The van der Waals surface area contributed by atoms with Gasteiger partial charge in [-0.1, -0.05) is 6.07 Å². The van der Waals surface area contributed by atoms with Gasteiger partial charge < -0.3 is 38.8 Å². The predicted octanol–water partition coefficient (Wildman–Crippen LogP) is 4.44. The summed E-state index contributed by atoms with van der Waals surface area (Å²) in [6, 6.07) is 5.57. The summed E-state index contributed by atoms with van der Waals surface area (Å²) in [5, 5.41) is 37.0. The van der Waals surface area contributed by atoms with Crippen LogP contribution in [0.4, 0.5) is 0 Å². The van der Waals surface area contributed by atoms with Gasteiger partial charge in [0.25, 0.3) is 0 Å². The Labute approximate surface area is 324 Å². The molecule has 3 aromatic carbocycles. The van der Waals surface area contributed by atoms with Crippen molar-refractivity contribution in [1.29, 1.82) is 5.26 Å². The number of carbonyl (C=O) groups is 2. The first-order valence-electron chi connectivity index (χ1n) is 18.5. The fourth-order valence-electron chi connectivity index (χ4n) is 9.89. The molecule has 6 heterocycles. The van der Waals surface area contributed by atoms with Crippen LogP contribution in [0.1, 0.15) is 74.3 Å². The van der Waals surface area contributed by atoms with Crippen LogP contribution in [0.15, 0.2) is 18.2 Å². The molecular weight excluding hydrogens is 725 g/mol. The fourth-order valence-corrected chi connectivity index (χ4v) is 11.6. The molecule has 0 amide bonds. The van der Waals surface area contributed by atoms with Crippen LogP contribution in [0, 0.1) is 25.2 Å². The molecule has 55 heavy (non-hydrogen) atoms. The average Bonchev–Trinajstić information content (AvgIpc) is 3.59. The number of nitrogens with zero attached hydrogens (tertiary/aromatic N) is 3. The molecule has 1 spiro atoms. The summed E-state index contributed by atoms with van der Waals surface area (Å²) >= 11 is 1.52. The molecule has 3 aromatic rings. The topological polar surface area (TPSA) is 163 Å². The summed E-state index contributed by atoms with van der Waals surface area (Å²) in [4.78, 5) is 32.0. The number of likely N-dealkylation sites (N-methyl/N-ethyl adjacent to an activating group) is 1. The first-order chi connectivity index (χ1) is 26.4. The van der Waals surface area contributed by atoms with Crippen molar-refractivity contribution in [2.24, 2.45) is 0 Å². The van der Waals surface area contributed by atoms with Crippen LogP contribution in [0.2, 0.25) is 0 Å². The molecule has 1 saturated heterocycles. The minimum Gasteiger partial charge on any atom is -0.504 e. The number of benzene rings is 3. The number of aromatic hydroxyl groups is 2. The van der Waals surface area contributed by atoms with Crippen molar-refractivity contribution in [2.45, 2.75) is 75.0 Å². The fraction of sp³-hybridized carbons (Fsp3) is 0.488. The van der Waals surface area contributed by atoms with Crippen molar-refractivity contribution in [2.75, 3.05) is 53.8 Å². The molecule has 14 heteroatoms. The molecule has 290 valence electrons. The number of phenols is 2. The van der Waals surface area contributed by atoms with E-state index in [1.54, 1.807) is 12.1 Å². The van der Waals surface area contributed by atoms with E-state index in [4.69, 9.17) is 23.7 Å². The number of hydrogen-bond acceptors (Lipinski definition) is 14. The Morgan fingerprint density at radius 1 is 1.07 bits per heavy atom. The Kier molecular flexibility index (Phi) is 9.35. The van der Waals surface area contributed by atoms with E-state index >= 15 is 0 Å². The predicted molar refractivity (Wildman–Crippen MR) is 203 cm³/mol. The van der Waals surface area contributed by atoms with Gasteiger partial charge in [-0.15, -0.1) is 11.8 Å². The highest BCUT2D eigenvalue weighted by Crippen LogP contribution is 2.61. The van der Waals surface area contributed by atoms with Crippen LogP contribution in [0.3, 0.4) is 0 Å². The maximum atomic E-state index is 14.8. The van der Waals surface area contributed by atoms with Crippen LogP contribution < -0.4 is 24.3 Å². The first kappa shape index (κ1) is 37.3. The minimum absolute atomic E-state index is 0.0145. The van der Waals surface area contributed by atoms with Gasteiger partial charge in [0, 0.05) is 60.4 Å². The third kappa shape index (κ3) is 5.53. The summed E-state index contributed by atoms with van der Waals surface area (Å²) in [6.07, 6.45) is 1.46. The molecule has 6 atom stereocenters. The molecule has 9 rings (SSSR count). The standard InChI is InChI=1S/C41H46N4O9S/c1-19-12-23-13-24(16-42)45-27-17-53-40(49)41(26-15-29(50-6)28(47)14-22(26)8-10-43-41)18-55-39(34(45)33(44(4)5)30(23)35(48)36(19)51-7)32-31(27)25-9-11-52-37(25)20(2)38(32)54-21(3)46/h12,14-15,24,27,33-34,39,43,47-48H,8-11,13,17-18H2,1-7H3/t24-,27+,33+,34?,39-,41-/m1/s1. The number of ether oxygens (including phenoxy) is 5. The number of fused-ring (bicyclic) bond motifs is 6. The maximum Gasteiger partial charge on any atom is 0.331 e. The summed E-state index contributed by atoms with van der Waals surface area (Å²) in [5.74, 6) is 0.858. The lowest BCUT2D eigenvalue weighted by atomic mass is 9.78. The van der Waals surface area contributed by atoms with Gasteiger partial charge in [-0.05, 0) is 74.3 Å². The highest BCUT2D eigenvalue weighted by molar-refractivity contribution is 7.99. The Morgan fingerprint density at radius 2 is 1.85 bits per heavy atom. The van der Waals surface area contributed by atoms with Crippen molar-refractivity contribution in [3.63, 3.8) is 0 Å². The number of rotatable bonds is 4. The normalized spacial score (nSPS) is 26.7. The summed E-state index contributed by atoms with van der Waals surface area (Å²) in [6.45, 7) is 5.92. The number of methoxy groups -OCH3 is 2. The first-order valence-corrected chi connectivity index (χ1v) is 19.6. The Balaban J connectivity index is 1.44. The second kappa shape index (κ2) is 13.8. The van der Waals surface area contributed by atoms with Crippen LogP contribution in [0.25, 0.3) is 0 Å². The molecule has 0 aromatic heterocycles. The number of hydrogen-bond donors (Lipinski definition) is 3. The second-order valence-corrected chi connectivity index (χ2v) is 16.4. The highest BCUT2D eigenvalue weighted by Gasteiger charge is 2.57. The molecular formula is C41H46N4O9S. The quantitative estimate of drug-likeness (QED) is 0.252. The number of thioether (sulfide) groups is 1. The largest absolute Gasteiger partial charge is 0.504 e. The SMILES string of the molecule is COc1cc2c(cc1O)CCN[C@]21CS[C@@H]2c3c(OC(C)=O)c(C)c4c(c3[C@H](COC1=O)N1C2[C@@H](N(C)C)c2c(cc(C)c(OC)c2O)C[C@@H]1C#N)CCO4. The molecule has 0 aliphatic carbocycles. The van der Waals surface area contributed by atoms with Gasteiger partial charge in [-0.2, -0.15) is 5.26 Å². The van der Waals surface area contributed by atoms with Gasteiger partial charge in [0.05, 0.1) is 44.2 Å². The van der Waals surface area contributed by atoms with Gasteiger partial charge in [-0.25, -0.2) is 4.79 Å². The van der Waals surface area contributed by atoms with E-state index in [0.717, 1.165) is 33.4 Å². The monoisotopic (exact) mass is 770 g/mol. The lowest BCUT2D eigenvalue weighted by Gasteiger charge is -2.53. The zero-order chi connectivity index (χ0) is 39.1. The molecule has 2 bridgehead atoms. The van der Waals surface area contributed by atoms with Crippen molar-refractivity contribution >= 4 is 23.7 Å². The molecule has 1 fully saturated rings. The van der Waals surface area contributed by atoms with E-state index in [0.29, 0.717) is 66.4 Å². The summed E-state index contributed by atoms with van der Waals surface area (Å²) in [7, 11) is 6.92. The van der Waals surface area contributed by atoms with Gasteiger partial charge in [0.15, 0.2) is 28.5 Å². The van der Waals surface area contributed by atoms with E-state index in [1.807, 2.05) is 34.0 Å². The lowest BCUT2D eigenvalue weighted by Crippen LogP contribution is -2.60. The van der Waals surface area contributed by atoms with E-state index in [-0.39, 0.29) is 29.6 Å². The number of nitrogens with one attached hydrogen (secondary N) is 1. The molecule has 0 saturated carbocycles. The Bertz CT molecular complexity index is 2170. The number of aryl methyl sites for hydroxylation is 1. The second-order valence-electron chi connectivity index (χ2n) is 15.2. The minimum atomic E-state index is -1.34. The van der Waals surface area contributed by atoms with Crippen LogP contribution in [0.5, 0.6) is 34.5 Å². The number of nitriles is 1. The third-order valence-electron chi connectivity index (χ3n) is 12.0. The number of phenolic OH excluding ortho intramolecular Hbond substituents is 2. The maximum absolute atomic E-state index is 14.8. The molecule has 3 N–H and O–H groups in total. The van der Waals surface area contributed by atoms with Crippen molar-refractivity contribution in [1.82, 2.24) is 15.1 Å². The Morgan fingerprint density at radius 3 is 2.55 bits per heavy atom. The Hall–Kier alpha value is -4.68. The summed E-state index contributed by atoms with van der Waals surface area (Å²) < 4.78 is 30.2. The van der Waals surface area contributed by atoms with E-state index in [9.17, 15) is 25.1 Å².